The number of rotatable bonds is 7. The van der Waals surface area contributed by atoms with Crippen molar-refractivity contribution in [1.82, 2.24) is 5.32 Å². The third kappa shape index (κ3) is 4.33. The third-order valence-corrected chi connectivity index (χ3v) is 4.40. The normalized spacial score (nSPS) is 12.3. The van der Waals surface area contributed by atoms with Crippen molar-refractivity contribution in [3.63, 3.8) is 0 Å². The van der Waals surface area contributed by atoms with Crippen molar-refractivity contribution >= 4 is 11.6 Å². The highest BCUT2D eigenvalue weighted by Crippen LogP contribution is 2.28. The predicted octanol–water partition coefficient (Wildman–Crippen LogP) is 4.84. The van der Waals surface area contributed by atoms with Crippen molar-refractivity contribution in [2.24, 2.45) is 0 Å². The number of hydrogen-bond donors (Lipinski definition) is 1. The monoisotopic (exact) mass is 301 g/mol. The maximum Gasteiger partial charge on any atom is 0.0440 e. The first kappa shape index (κ1) is 16.1. The van der Waals surface area contributed by atoms with E-state index in [-0.39, 0.29) is 0 Å². The fourth-order valence-corrected chi connectivity index (χ4v) is 3.21. The molecule has 0 radical (unpaired) electrons. The van der Waals surface area contributed by atoms with E-state index in [9.17, 15) is 0 Å². The lowest BCUT2D eigenvalue weighted by Gasteiger charge is -2.20. The van der Waals surface area contributed by atoms with Crippen LogP contribution in [0.15, 0.2) is 48.5 Å². The Kier molecular flexibility index (Phi) is 6.28. The van der Waals surface area contributed by atoms with Crippen molar-refractivity contribution < 1.29 is 0 Å². The summed E-state index contributed by atoms with van der Waals surface area (Å²) < 4.78 is 0. The van der Waals surface area contributed by atoms with Gasteiger partial charge >= 0.3 is 0 Å². The van der Waals surface area contributed by atoms with E-state index >= 15 is 0 Å². The van der Waals surface area contributed by atoms with Crippen LogP contribution in [-0.2, 0) is 12.8 Å². The first-order valence-electron chi connectivity index (χ1n) is 7.72. The van der Waals surface area contributed by atoms with Crippen LogP contribution in [0.4, 0.5) is 0 Å². The van der Waals surface area contributed by atoms with Gasteiger partial charge < -0.3 is 5.32 Å². The van der Waals surface area contributed by atoms with Crippen LogP contribution in [0.2, 0.25) is 5.02 Å². The molecule has 1 N–H and O–H groups in total. The molecule has 2 aromatic rings. The molecular formula is C19H24ClN. The molecule has 0 aliphatic rings. The van der Waals surface area contributed by atoms with Crippen molar-refractivity contribution in [3.05, 3.63) is 70.2 Å². The van der Waals surface area contributed by atoms with E-state index in [1.165, 1.54) is 16.7 Å². The van der Waals surface area contributed by atoms with E-state index in [0.717, 1.165) is 30.8 Å². The molecule has 0 saturated carbocycles. The zero-order valence-corrected chi connectivity index (χ0v) is 13.7. The second-order valence-corrected chi connectivity index (χ2v) is 5.84. The standard InChI is InChI=1S/C19H24ClN/c1-3-18-17(10-7-11-19(18)20)14-16(12-13-21-2)15-8-5-4-6-9-15/h4-11,16,21H,3,12-14H2,1-2H3. The number of nitrogens with one attached hydrogen (secondary N) is 1. The molecule has 0 amide bonds. The van der Waals surface area contributed by atoms with Gasteiger partial charge in [0.15, 0.2) is 0 Å². The molecular weight excluding hydrogens is 278 g/mol. The second kappa shape index (κ2) is 8.21. The summed E-state index contributed by atoms with van der Waals surface area (Å²) >= 11 is 6.35. The predicted molar refractivity (Wildman–Crippen MR) is 92.3 cm³/mol. The maximum absolute atomic E-state index is 6.35. The first-order chi connectivity index (χ1) is 10.3. The smallest absolute Gasteiger partial charge is 0.0440 e. The van der Waals surface area contributed by atoms with Crippen LogP contribution in [0.3, 0.4) is 0 Å². The van der Waals surface area contributed by atoms with Gasteiger partial charge in [-0.2, -0.15) is 0 Å². The summed E-state index contributed by atoms with van der Waals surface area (Å²) in [6, 6.07) is 17.1. The summed E-state index contributed by atoms with van der Waals surface area (Å²) in [5.74, 6) is 0.530. The van der Waals surface area contributed by atoms with Crippen LogP contribution in [0.5, 0.6) is 0 Å². The Labute approximate surface area is 133 Å². The molecule has 0 saturated heterocycles. The van der Waals surface area contributed by atoms with Crippen LogP contribution in [0, 0.1) is 0 Å². The molecule has 0 aliphatic carbocycles. The summed E-state index contributed by atoms with van der Waals surface area (Å²) in [5.41, 5.74) is 4.09. The fraction of sp³-hybridized carbons (Fsp3) is 0.368. The Morgan fingerprint density at radius 2 is 1.81 bits per heavy atom. The molecule has 0 aromatic heterocycles. The van der Waals surface area contributed by atoms with Gasteiger partial charge in [0, 0.05) is 5.02 Å². The molecule has 0 spiro atoms. The van der Waals surface area contributed by atoms with Gasteiger partial charge in [-0.3, -0.25) is 0 Å². The van der Waals surface area contributed by atoms with Crippen LogP contribution < -0.4 is 5.32 Å². The Bertz CT molecular complexity index is 551. The van der Waals surface area contributed by atoms with E-state index in [1.54, 1.807) is 0 Å². The summed E-state index contributed by atoms with van der Waals surface area (Å²) in [6.07, 6.45) is 3.17. The molecule has 21 heavy (non-hydrogen) atoms. The number of benzene rings is 2. The number of hydrogen-bond acceptors (Lipinski definition) is 1. The summed E-state index contributed by atoms with van der Waals surface area (Å²) in [4.78, 5) is 0. The fourth-order valence-electron chi connectivity index (χ4n) is 2.89. The Morgan fingerprint density at radius 1 is 1.05 bits per heavy atom. The van der Waals surface area contributed by atoms with Crippen molar-refractivity contribution in [2.75, 3.05) is 13.6 Å². The molecule has 0 heterocycles. The quantitative estimate of drug-likeness (QED) is 0.772. The van der Waals surface area contributed by atoms with Gasteiger partial charge in [-0.15, -0.1) is 0 Å². The van der Waals surface area contributed by atoms with E-state index in [2.05, 4.69) is 54.7 Å². The van der Waals surface area contributed by atoms with Gasteiger partial charge in [-0.25, -0.2) is 0 Å². The second-order valence-electron chi connectivity index (χ2n) is 5.44. The summed E-state index contributed by atoms with van der Waals surface area (Å²) in [5, 5.41) is 4.17. The highest BCUT2D eigenvalue weighted by atomic mass is 35.5. The highest BCUT2D eigenvalue weighted by molar-refractivity contribution is 6.31. The third-order valence-electron chi connectivity index (χ3n) is 4.05. The molecule has 112 valence electrons. The highest BCUT2D eigenvalue weighted by Gasteiger charge is 2.14. The molecule has 0 aliphatic heterocycles. The average molecular weight is 302 g/mol. The van der Waals surface area contributed by atoms with Crippen molar-refractivity contribution in [2.45, 2.75) is 32.1 Å². The van der Waals surface area contributed by atoms with Gasteiger partial charge in [0.05, 0.1) is 0 Å². The molecule has 2 aromatic carbocycles. The Hall–Kier alpha value is -1.31. The minimum Gasteiger partial charge on any atom is -0.320 e. The number of halogens is 1. The van der Waals surface area contributed by atoms with Gasteiger partial charge in [-0.1, -0.05) is 61.0 Å². The molecule has 0 fully saturated rings. The van der Waals surface area contributed by atoms with Gasteiger partial charge in [-0.05, 0) is 61.5 Å². The lowest BCUT2D eigenvalue weighted by atomic mass is 9.87. The van der Waals surface area contributed by atoms with Gasteiger partial charge in [0.25, 0.3) is 0 Å². The van der Waals surface area contributed by atoms with Gasteiger partial charge in [0.1, 0.15) is 0 Å². The lowest BCUT2D eigenvalue weighted by Crippen LogP contribution is -2.14. The summed E-state index contributed by atoms with van der Waals surface area (Å²) in [6.45, 7) is 3.21. The summed E-state index contributed by atoms with van der Waals surface area (Å²) in [7, 11) is 2.01. The van der Waals surface area contributed by atoms with Crippen LogP contribution in [-0.4, -0.2) is 13.6 Å². The SMILES string of the molecule is CCc1c(Cl)cccc1CC(CCNC)c1ccccc1. The van der Waals surface area contributed by atoms with Crippen LogP contribution in [0.1, 0.15) is 36.0 Å². The van der Waals surface area contributed by atoms with Crippen LogP contribution in [0.25, 0.3) is 0 Å². The molecule has 1 unspecified atom stereocenters. The maximum atomic E-state index is 6.35. The van der Waals surface area contributed by atoms with E-state index in [1.807, 2.05) is 13.1 Å². The minimum absolute atomic E-state index is 0.530. The molecule has 2 rings (SSSR count). The lowest BCUT2D eigenvalue weighted by molar-refractivity contribution is 0.591. The molecule has 0 bridgehead atoms. The molecule has 1 atom stereocenters. The van der Waals surface area contributed by atoms with Crippen molar-refractivity contribution in [1.29, 1.82) is 0 Å². The van der Waals surface area contributed by atoms with Gasteiger partial charge in [0.2, 0.25) is 0 Å². The zero-order valence-electron chi connectivity index (χ0n) is 12.9. The Balaban J connectivity index is 2.25. The minimum atomic E-state index is 0.530. The van der Waals surface area contributed by atoms with Crippen molar-refractivity contribution in [3.8, 4) is 0 Å². The first-order valence-corrected chi connectivity index (χ1v) is 8.09. The average Bonchev–Trinajstić information content (AvgIpc) is 2.52. The van der Waals surface area contributed by atoms with E-state index in [4.69, 9.17) is 11.6 Å². The largest absolute Gasteiger partial charge is 0.320 e. The molecule has 1 nitrogen and oxygen atoms in total. The van der Waals surface area contributed by atoms with E-state index < -0.39 is 0 Å². The Morgan fingerprint density at radius 3 is 2.48 bits per heavy atom. The molecule has 2 heteroatoms. The zero-order chi connectivity index (χ0) is 15.1. The van der Waals surface area contributed by atoms with E-state index in [0.29, 0.717) is 5.92 Å². The topological polar surface area (TPSA) is 12.0 Å². The van der Waals surface area contributed by atoms with Crippen LogP contribution >= 0.6 is 11.6 Å².